The van der Waals surface area contributed by atoms with Crippen molar-refractivity contribution in [1.82, 2.24) is 4.90 Å². The largest absolute Gasteiger partial charge is 0.326 e. The molecule has 20 heavy (non-hydrogen) atoms. The Morgan fingerprint density at radius 3 is 2.25 bits per heavy atom. The highest BCUT2D eigenvalue weighted by Gasteiger charge is 2.26. The van der Waals surface area contributed by atoms with Crippen LogP contribution in [-0.4, -0.2) is 17.0 Å². The summed E-state index contributed by atoms with van der Waals surface area (Å²) in [5.41, 5.74) is 7.60. The van der Waals surface area contributed by atoms with Gasteiger partial charge in [-0.1, -0.05) is 36.4 Å². The van der Waals surface area contributed by atoms with Crippen molar-refractivity contribution in [2.24, 2.45) is 5.73 Å². The first-order valence-electron chi connectivity index (χ1n) is 7.18. The Labute approximate surface area is 126 Å². The van der Waals surface area contributed by atoms with Crippen molar-refractivity contribution in [2.75, 3.05) is 0 Å². The van der Waals surface area contributed by atoms with Gasteiger partial charge in [0, 0.05) is 23.5 Å². The Bertz CT molecular complexity index is 491. The first-order chi connectivity index (χ1) is 9.59. The van der Waals surface area contributed by atoms with Crippen molar-refractivity contribution in [3.05, 3.63) is 58.3 Å². The lowest BCUT2D eigenvalue weighted by Crippen LogP contribution is -2.42. The van der Waals surface area contributed by atoms with Crippen molar-refractivity contribution in [1.29, 1.82) is 0 Å². The van der Waals surface area contributed by atoms with E-state index in [1.807, 2.05) is 11.3 Å². The molecule has 0 radical (unpaired) electrons. The van der Waals surface area contributed by atoms with Gasteiger partial charge in [-0.2, -0.15) is 0 Å². The van der Waals surface area contributed by atoms with Crippen molar-refractivity contribution < 1.29 is 0 Å². The number of hydrogen-bond donors (Lipinski definition) is 1. The molecule has 0 fully saturated rings. The summed E-state index contributed by atoms with van der Waals surface area (Å²) in [5, 5.41) is 2.14. The molecule has 2 nitrogen and oxygen atoms in total. The Kier molecular flexibility index (Phi) is 5.35. The predicted molar refractivity (Wildman–Crippen MR) is 87.8 cm³/mol. The van der Waals surface area contributed by atoms with Crippen LogP contribution in [0.3, 0.4) is 0 Å². The highest BCUT2D eigenvalue weighted by atomic mass is 32.1. The van der Waals surface area contributed by atoms with Gasteiger partial charge >= 0.3 is 0 Å². The van der Waals surface area contributed by atoms with Crippen LogP contribution < -0.4 is 5.73 Å². The van der Waals surface area contributed by atoms with E-state index in [4.69, 9.17) is 5.73 Å². The van der Waals surface area contributed by atoms with Gasteiger partial charge in [0.2, 0.25) is 0 Å². The smallest absolute Gasteiger partial charge is 0.0503 e. The van der Waals surface area contributed by atoms with Gasteiger partial charge in [0.05, 0.1) is 6.04 Å². The molecule has 0 aliphatic heterocycles. The van der Waals surface area contributed by atoms with Crippen LogP contribution in [-0.2, 0) is 6.54 Å². The number of thiophene rings is 1. The van der Waals surface area contributed by atoms with E-state index in [1.54, 1.807) is 0 Å². The normalized spacial score (nSPS) is 14.7. The second-order valence-electron chi connectivity index (χ2n) is 5.56. The summed E-state index contributed by atoms with van der Waals surface area (Å²) in [6.45, 7) is 7.54. The zero-order valence-electron chi connectivity index (χ0n) is 12.5. The Balaban J connectivity index is 2.28. The molecule has 108 valence electrons. The first kappa shape index (κ1) is 15.2. The second kappa shape index (κ2) is 7.02. The molecule has 2 atom stereocenters. The SMILES string of the molecule is CC(N)C(c1ccccc1)N(Cc1cccs1)C(C)C. The van der Waals surface area contributed by atoms with Crippen molar-refractivity contribution >= 4 is 11.3 Å². The molecule has 0 spiro atoms. The molecule has 0 saturated heterocycles. The second-order valence-corrected chi connectivity index (χ2v) is 6.59. The summed E-state index contributed by atoms with van der Waals surface area (Å²) < 4.78 is 0. The van der Waals surface area contributed by atoms with E-state index in [0.29, 0.717) is 6.04 Å². The molecule has 0 bridgehead atoms. The van der Waals surface area contributed by atoms with E-state index < -0.39 is 0 Å². The van der Waals surface area contributed by atoms with E-state index >= 15 is 0 Å². The van der Waals surface area contributed by atoms with Gasteiger partial charge in [-0.05, 0) is 37.8 Å². The molecular formula is C17H24N2S. The molecule has 0 aliphatic carbocycles. The molecule has 1 heterocycles. The summed E-state index contributed by atoms with van der Waals surface area (Å²) in [5.74, 6) is 0. The zero-order valence-corrected chi connectivity index (χ0v) is 13.3. The minimum atomic E-state index is 0.0970. The van der Waals surface area contributed by atoms with Crippen molar-refractivity contribution in [3.8, 4) is 0 Å². The van der Waals surface area contributed by atoms with Gasteiger partial charge in [0.15, 0.2) is 0 Å². The summed E-state index contributed by atoms with van der Waals surface area (Å²) in [7, 11) is 0. The molecule has 0 saturated carbocycles. The Morgan fingerprint density at radius 1 is 1.05 bits per heavy atom. The monoisotopic (exact) mass is 288 g/mol. The van der Waals surface area contributed by atoms with Gasteiger partial charge < -0.3 is 5.73 Å². The fourth-order valence-electron chi connectivity index (χ4n) is 2.63. The molecule has 2 aromatic rings. The number of nitrogens with two attached hydrogens (primary N) is 1. The highest BCUT2D eigenvalue weighted by molar-refractivity contribution is 7.09. The van der Waals surface area contributed by atoms with E-state index in [1.165, 1.54) is 10.4 Å². The topological polar surface area (TPSA) is 29.3 Å². The van der Waals surface area contributed by atoms with Crippen molar-refractivity contribution in [2.45, 2.75) is 45.4 Å². The average molecular weight is 288 g/mol. The first-order valence-corrected chi connectivity index (χ1v) is 8.06. The quantitative estimate of drug-likeness (QED) is 0.869. The predicted octanol–water partition coefficient (Wildman–Crippen LogP) is 4.05. The molecule has 0 amide bonds. The third-order valence-electron chi connectivity index (χ3n) is 3.58. The summed E-state index contributed by atoms with van der Waals surface area (Å²) >= 11 is 1.81. The van der Waals surface area contributed by atoms with Crippen LogP contribution in [0, 0.1) is 0 Å². The van der Waals surface area contributed by atoms with E-state index in [2.05, 4.69) is 73.5 Å². The van der Waals surface area contributed by atoms with Crippen LogP contribution in [0.1, 0.15) is 37.3 Å². The molecule has 1 aromatic heterocycles. The maximum Gasteiger partial charge on any atom is 0.0503 e. The zero-order chi connectivity index (χ0) is 14.5. The van der Waals surface area contributed by atoms with Gasteiger partial charge in [-0.3, -0.25) is 4.90 Å². The standard InChI is InChI=1S/C17H24N2S/c1-13(2)19(12-16-10-7-11-20-16)17(14(3)18)15-8-5-4-6-9-15/h4-11,13-14,17H,12,18H2,1-3H3. The maximum atomic E-state index is 6.30. The van der Waals surface area contributed by atoms with Gasteiger partial charge in [-0.15, -0.1) is 11.3 Å². The Hall–Kier alpha value is -1.16. The minimum absolute atomic E-state index is 0.0970. The molecule has 2 rings (SSSR count). The van der Waals surface area contributed by atoms with Crippen LogP contribution in [0.2, 0.25) is 0 Å². The molecule has 0 aliphatic rings. The average Bonchev–Trinajstić information content (AvgIpc) is 2.91. The summed E-state index contributed by atoms with van der Waals surface area (Å²) in [6, 6.07) is 15.7. The maximum absolute atomic E-state index is 6.30. The van der Waals surface area contributed by atoms with Crippen LogP contribution in [0.15, 0.2) is 47.8 Å². The van der Waals surface area contributed by atoms with Crippen LogP contribution >= 0.6 is 11.3 Å². The lowest BCUT2D eigenvalue weighted by Gasteiger charge is -2.37. The fraction of sp³-hybridized carbons (Fsp3) is 0.412. The van der Waals surface area contributed by atoms with E-state index in [0.717, 1.165) is 6.54 Å². The van der Waals surface area contributed by atoms with Gasteiger partial charge in [0.1, 0.15) is 0 Å². The lowest BCUT2D eigenvalue weighted by molar-refractivity contribution is 0.128. The number of benzene rings is 1. The van der Waals surface area contributed by atoms with Gasteiger partial charge in [0.25, 0.3) is 0 Å². The van der Waals surface area contributed by atoms with Gasteiger partial charge in [-0.25, -0.2) is 0 Å². The molecule has 3 heteroatoms. The molecule has 1 aromatic carbocycles. The summed E-state index contributed by atoms with van der Waals surface area (Å²) in [4.78, 5) is 3.88. The van der Waals surface area contributed by atoms with E-state index in [9.17, 15) is 0 Å². The van der Waals surface area contributed by atoms with Crippen LogP contribution in [0.5, 0.6) is 0 Å². The third kappa shape index (κ3) is 3.69. The number of rotatable bonds is 6. The molecular weight excluding hydrogens is 264 g/mol. The number of hydrogen-bond acceptors (Lipinski definition) is 3. The molecule has 2 N–H and O–H groups in total. The highest BCUT2D eigenvalue weighted by Crippen LogP contribution is 2.28. The lowest BCUT2D eigenvalue weighted by atomic mass is 9.97. The Morgan fingerprint density at radius 2 is 1.75 bits per heavy atom. The number of nitrogens with zero attached hydrogens (tertiary/aromatic N) is 1. The summed E-state index contributed by atoms with van der Waals surface area (Å²) in [6.07, 6.45) is 0. The third-order valence-corrected chi connectivity index (χ3v) is 4.44. The minimum Gasteiger partial charge on any atom is -0.326 e. The van der Waals surface area contributed by atoms with E-state index in [-0.39, 0.29) is 12.1 Å². The molecule has 2 unspecified atom stereocenters. The van der Waals surface area contributed by atoms with Crippen LogP contribution in [0.25, 0.3) is 0 Å². The van der Waals surface area contributed by atoms with Crippen LogP contribution in [0.4, 0.5) is 0 Å². The fourth-order valence-corrected chi connectivity index (χ4v) is 3.34. The van der Waals surface area contributed by atoms with Crippen molar-refractivity contribution in [3.63, 3.8) is 0 Å².